The van der Waals surface area contributed by atoms with Crippen LogP contribution in [0.1, 0.15) is 21.5 Å². The van der Waals surface area contributed by atoms with Gasteiger partial charge in [0.1, 0.15) is 3.92 Å². The molecule has 1 rings (SSSR count). The molecule has 0 saturated carbocycles. The van der Waals surface area contributed by atoms with Crippen LogP contribution in [-0.2, 0) is 9.53 Å². The van der Waals surface area contributed by atoms with Crippen LogP contribution >= 0.6 is 22.6 Å². The summed E-state index contributed by atoms with van der Waals surface area (Å²) < 4.78 is 4.22. The van der Waals surface area contributed by atoms with Crippen molar-refractivity contribution in [2.75, 3.05) is 13.7 Å². The van der Waals surface area contributed by atoms with Crippen LogP contribution in [0.5, 0.6) is 0 Å². The van der Waals surface area contributed by atoms with Gasteiger partial charge in [-0.2, -0.15) is 0 Å². The summed E-state index contributed by atoms with van der Waals surface area (Å²) in [7, 11) is 1.33. The molecule has 0 radical (unpaired) electrons. The Hall–Kier alpha value is -1.11. The number of esters is 1. The molecular formula is C13H16INO3. The Bertz CT molecular complexity index is 460. The molecule has 18 heavy (non-hydrogen) atoms. The summed E-state index contributed by atoms with van der Waals surface area (Å²) in [6.07, 6.45) is 0. The monoisotopic (exact) mass is 361 g/mol. The predicted octanol–water partition coefficient (Wildman–Crippen LogP) is 2.01. The molecular weight excluding hydrogens is 345 g/mol. The molecule has 0 bridgehead atoms. The van der Waals surface area contributed by atoms with E-state index in [1.807, 2.05) is 54.6 Å². The molecule has 0 aliphatic carbocycles. The summed E-state index contributed by atoms with van der Waals surface area (Å²) in [5.74, 6) is -0.501. The lowest BCUT2D eigenvalue weighted by atomic mass is 10.1. The number of carbonyl (C=O) groups is 2. The van der Waals surface area contributed by atoms with Crippen LogP contribution < -0.4 is 5.32 Å². The van der Waals surface area contributed by atoms with Crippen LogP contribution in [0, 0.1) is 13.8 Å². The highest BCUT2D eigenvalue weighted by atomic mass is 127. The molecule has 0 spiro atoms. The molecule has 4 nitrogen and oxygen atoms in total. The van der Waals surface area contributed by atoms with Gasteiger partial charge >= 0.3 is 5.97 Å². The van der Waals surface area contributed by atoms with Gasteiger partial charge in [-0.3, -0.25) is 9.59 Å². The number of rotatable bonds is 4. The van der Waals surface area contributed by atoms with E-state index >= 15 is 0 Å². The normalized spacial score (nSPS) is 11.8. The van der Waals surface area contributed by atoms with Crippen molar-refractivity contribution in [3.05, 3.63) is 34.9 Å². The van der Waals surface area contributed by atoms with E-state index in [0.29, 0.717) is 5.56 Å². The number of hydrogen-bond acceptors (Lipinski definition) is 3. The third kappa shape index (κ3) is 3.97. The number of hydrogen-bond donors (Lipinski definition) is 1. The van der Waals surface area contributed by atoms with Crippen LogP contribution in [0.4, 0.5) is 0 Å². The van der Waals surface area contributed by atoms with Gasteiger partial charge in [0, 0.05) is 12.1 Å². The van der Waals surface area contributed by atoms with E-state index < -0.39 is 0 Å². The first-order chi connectivity index (χ1) is 8.45. The lowest BCUT2D eigenvalue weighted by molar-refractivity contribution is -0.139. The highest BCUT2D eigenvalue weighted by Crippen LogP contribution is 2.10. The smallest absolute Gasteiger partial charge is 0.320 e. The second kappa shape index (κ2) is 6.72. The fourth-order valence-corrected chi connectivity index (χ4v) is 1.94. The van der Waals surface area contributed by atoms with Crippen molar-refractivity contribution < 1.29 is 14.3 Å². The highest BCUT2D eigenvalue weighted by molar-refractivity contribution is 14.1. The zero-order valence-electron chi connectivity index (χ0n) is 10.6. The van der Waals surface area contributed by atoms with E-state index in [4.69, 9.17) is 0 Å². The van der Waals surface area contributed by atoms with Gasteiger partial charge in [0.25, 0.3) is 5.91 Å². The van der Waals surface area contributed by atoms with Gasteiger partial charge in [0.05, 0.1) is 7.11 Å². The van der Waals surface area contributed by atoms with Crippen LogP contribution in [0.25, 0.3) is 0 Å². The Labute approximate surface area is 120 Å². The first kappa shape index (κ1) is 14.9. The third-order valence-electron chi connectivity index (χ3n) is 2.54. The molecule has 0 heterocycles. The number of carbonyl (C=O) groups excluding carboxylic acids is 2. The van der Waals surface area contributed by atoms with Crippen molar-refractivity contribution in [1.82, 2.24) is 5.32 Å². The fraction of sp³-hybridized carbons (Fsp3) is 0.385. The average molecular weight is 361 g/mol. The van der Waals surface area contributed by atoms with Gasteiger partial charge in [-0.05, 0) is 25.5 Å². The number of methoxy groups -OCH3 is 1. The van der Waals surface area contributed by atoms with Crippen molar-refractivity contribution in [2.45, 2.75) is 17.8 Å². The zero-order chi connectivity index (χ0) is 13.7. The molecule has 1 aromatic carbocycles. The predicted molar refractivity (Wildman–Crippen MR) is 78.1 cm³/mol. The van der Waals surface area contributed by atoms with E-state index in [-0.39, 0.29) is 22.3 Å². The maximum Gasteiger partial charge on any atom is 0.320 e. The third-order valence-corrected chi connectivity index (χ3v) is 3.49. The lowest BCUT2D eigenvalue weighted by Gasteiger charge is -2.11. The largest absolute Gasteiger partial charge is 0.468 e. The van der Waals surface area contributed by atoms with Crippen molar-refractivity contribution >= 4 is 34.5 Å². The molecule has 0 aromatic heterocycles. The van der Waals surface area contributed by atoms with E-state index in [0.717, 1.165) is 11.1 Å². The molecule has 1 N–H and O–H groups in total. The number of ether oxygens (including phenoxy) is 1. The van der Waals surface area contributed by atoms with Crippen LogP contribution in [0.2, 0.25) is 0 Å². The molecule has 0 aliphatic rings. The number of aryl methyl sites for hydroxylation is 2. The van der Waals surface area contributed by atoms with E-state index in [2.05, 4.69) is 10.1 Å². The molecule has 0 aliphatic heterocycles. The van der Waals surface area contributed by atoms with Gasteiger partial charge in [0.2, 0.25) is 0 Å². The van der Waals surface area contributed by atoms with Crippen LogP contribution in [0.3, 0.4) is 0 Å². The molecule has 0 fully saturated rings. The summed E-state index contributed by atoms with van der Waals surface area (Å²) in [6.45, 7) is 4.08. The standard InChI is InChI=1S/C13H16INO3/c1-8-4-5-9(2)10(6-8)12(16)15-7-11(14)13(17)18-3/h4-6,11H,7H2,1-3H3,(H,15,16). The molecule has 1 atom stereocenters. The molecule has 98 valence electrons. The Morgan fingerprint density at radius 1 is 1.39 bits per heavy atom. The molecule has 1 unspecified atom stereocenters. The minimum Gasteiger partial charge on any atom is -0.468 e. The SMILES string of the molecule is COC(=O)C(I)CNC(=O)c1cc(C)ccc1C. The van der Waals surface area contributed by atoms with Crippen LogP contribution in [0.15, 0.2) is 18.2 Å². The minimum atomic E-state index is -0.373. The van der Waals surface area contributed by atoms with Gasteiger partial charge in [-0.25, -0.2) is 0 Å². The fourth-order valence-electron chi connectivity index (χ4n) is 1.47. The molecule has 1 amide bonds. The second-order valence-corrected chi connectivity index (χ2v) is 5.52. The summed E-state index contributed by atoms with van der Waals surface area (Å²) in [6, 6.07) is 5.71. The Morgan fingerprint density at radius 2 is 2.06 bits per heavy atom. The van der Waals surface area contributed by atoms with E-state index in [1.165, 1.54) is 7.11 Å². The summed E-state index contributed by atoms with van der Waals surface area (Å²) in [4.78, 5) is 23.2. The number of benzene rings is 1. The molecule has 1 aromatic rings. The average Bonchev–Trinajstić information content (AvgIpc) is 2.37. The van der Waals surface area contributed by atoms with E-state index in [1.54, 1.807) is 0 Å². The zero-order valence-corrected chi connectivity index (χ0v) is 12.8. The van der Waals surface area contributed by atoms with E-state index in [9.17, 15) is 9.59 Å². The maximum atomic E-state index is 12.0. The van der Waals surface area contributed by atoms with Crippen molar-refractivity contribution in [3.8, 4) is 0 Å². The second-order valence-electron chi connectivity index (χ2n) is 4.02. The summed E-state index contributed by atoms with van der Waals surface area (Å²) in [5, 5.41) is 2.73. The van der Waals surface area contributed by atoms with Gasteiger partial charge in [0.15, 0.2) is 0 Å². The highest BCUT2D eigenvalue weighted by Gasteiger charge is 2.17. The lowest BCUT2D eigenvalue weighted by Crippen LogP contribution is -2.34. The van der Waals surface area contributed by atoms with Gasteiger partial charge < -0.3 is 10.1 Å². The number of amides is 1. The molecule has 5 heteroatoms. The maximum absolute atomic E-state index is 12.0. The van der Waals surface area contributed by atoms with Gasteiger partial charge in [-0.1, -0.05) is 40.3 Å². The Balaban J connectivity index is 2.66. The van der Waals surface area contributed by atoms with Crippen molar-refractivity contribution in [1.29, 1.82) is 0 Å². The first-order valence-corrected chi connectivity index (χ1v) is 6.77. The number of alkyl halides is 1. The number of nitrogens with one attached hydrogen (secondary N) is 1. The molecule has 0 saturated heterocycles. The van der Waals surface area contributed by atoms with Gasteiger partial charge in [-0.15, -0.1) is 0 Å². The summed E-state index contributed by atoms with van der Waals surface area (Å²) >= 11 is 1.95. The Morgan fingerprint density at radius 3 is 2.67 bits per heavy atom. The number of halogens is 1. The van der Waals surface area contributed by atoms with Crippen molar-refractivity contribution in [2.24, 2.45) is 0 Å². The van der Waals surface area contributed by atoms with Crippen LogP contribution in [-0.4, -0.2) is 29.5 Å². The Kier molecular flexibility index (Phi) is 5.58. The van der Waals surface area contributed by atoms with Crippen molar-refractivity contribution in [3.63, 3.8) is 0 Å². The first-order valence-electron chi connectivity index (χ1n) is 5.53. The quantitative estimate of drug-likeness (QED) is 0.507. The summed E-state index contributed by atoms with van der Waals surface area (Å²) in [5.41, 5.74) is 2.59. The minimum absolute atomic E-state index is 0.165. The topological polar surface area (TPSA) is 55.4 Å².